The summed E-state index contributed by atoms with van der Waals surface area (Å²) in [6.45, 7) is 0. The van der Waals surface area contributed by atoms with Crippen LogP contribution >= 0.6 is 12.6 Å². The summed E-state index contributed by atoms with van der Waals surface area (Å²) in [6, 6.07) is 5.61. The van der Waals surface area contributed by atoms with Gasteiger partial charge in [-0.2, -0.15) is 0 Å². The number of halogens is 1. The molecule has 0 saturated carbocycles. The molecular weight excluding hydrogens is 165 g/mol. The van der Waals surface area contributed by atoms with Gasteiger partial charge in [0, 0.05) is 5.69 Å². The van der Waals surface area contributed by atoms with E-state index in [0.29, 0.717) is 5.69 Å². The Morgan fingerprint density at radius 2 is 2.27 bits per heavy atom. The Kier molecular flexibility index (Phi) is 2.48. The first-order chi connectivity index (χ1) is 5.18. The number of hydrogen-bond acceptors (Lipinski definition) is 1. The molecule has 0 fully saturated rings. The lowest BCUT2D eigenvalue weighted by molar-refractivity contribution is 0.270. The lowest BCUT2D eigenvalue weighted by Gasteiger charge is -1.98. The summed E-state index contributed by atoms with van der Waals surface area (Å²) in [4.78, 5) is 10.4. The number of thiol groups is 1. The van der Waals surface area contributed by atoms with E-state index in [0.717, 1.165) is 0 Å². The SMILES string of the molecule is O=C(S)Nc1cccc(F)c1. The van der Waals surface area contributed by atoms with Gasteiger partial charge in [0.2, 0.25) is 0 Å². The van der Waals surface area contributed by atoms with E-state index in [1.807, 2.05) is 0 Å². The summed E-state index contributed by atoms with van der Waals surface area (Å²) in [7, 11) is 0. The molecule has 58 valence electrons. The zero-order valence-electron chi connectivity index (χ0n) is 5.54. The number of rotatable bonds is 1. The van der Waals surface area contributed by atoms with Crippen LogP contribution in [0.25, 0.3) is 0 Å². The van der Waals surface area contributed by atoms with Crippen LogP contribution in [0, 0.1) is 5.82 Å². The molecule has 0 aromatic heterocycles. The van der Waals surface area contributed by atoms with Gasteiger partial charge in [-0.15, -0.1) is 0 Å². The summed E-state index contributed by atoms with van der Waals surface area (Å²) in [5.41, 5.74) is 0.407. The third kappa shape index (κ3) is 2.59. The molecule has 0 saturated heterocycles. The molecule has 11 heavy (non-hydrogen) atoms. The number of benzene rings is 1. The standard InChI is InChI=1S/C7H6FNOS/c8-5-2-1-3-6(4-5)9-7(10)11/h1-4H,(H2,9,10,11). The fourth-order valence-corrected chi connectivity index (χ4v) is 0.819. The highest BCUT2D eigenvalue weighted by molar-refractivity contribution is 7.96. The number of anilines is 1. The molecule has 4 heteroatoms. The molecule has 0 radical (unpaired) electrons. The molecule has 0 spiro atoms. The van der Waals surface area contributed by atoms with Crippen LogP contribution in [0.15, 0.2) is 24.3 Å². The predicted molar refractivity (Wildman–Crippen MR) is 44.4 cm³/mol. The molecule has 0 aliphatic heterocycles. The van der Waals surface area contributed by atoms with Crippen molar-refractivity contribution in [1.82, 2.24) is 0 Å². The van der Waals surface area contributed by atoms with E-state index in [2.05, 4.69) is 17.9 Å². The highest BCUT2D eigenvalue weighted by atomic mass is 32.1. The highest BCUT2D eigenvalue weighted by Gasteiger charge is 1.95. The van der Waals surface area contributed by atoms with E-state index in [1.54, 1.807) is 6.07 Å². The average Bonchev–Trinajstić information content (AvgIpc) is 1.85. The molecule has 1 rings (SSSR count). The van der Waals surface area contributed by atoms with Crippen LogP contribution < -0.4 is 5.32 Å². The lowest BCUT2D eigenvalue weighted by Crippen LogP contribution is -2.00. The third-order valence-corrected chi connectivity index (χ3v) is 1.19. The first-order valence-electron chi connectivity index (χ1n) is 2.94. The van der Waals surface area contributed by atoms with Gasteiger partial charge in [-0.25, -0.2) is 4.39 Å². The monoisotopic (exact) mass is 171 g/mol. The summed E-state index contributed by atoms with van der Waals surface area (Å²) in [6.07, 6.45) is 0. The number of carbonyl (C=O) groups is 1. The molecule has 1 amide bonds. The summed E-state index contributed by atoms with van der Waals surface area (Å²) in [5, 5.41) is 1.83. The molecule has 0 aliphatic rings. The molecule has 0 aliphatic carbocycles. The molecule has 0 heterocycles. The minimum absolute atomic E-state index is 0.385. The van der Waals surface area contributed by atoms with Gasteiger partial charge in [-0.05, 0) is 18.2 Å². The second kappa shape index (κ2) is 3.39. The number of nitrogens with one attached hydrogen (secondary N) is 1. The van der Waals surface area contributed by atoms with Gasteiger partial charge in [-0.3, -0.25) is 4.79 Å². The van der Waals surface area contributed by atoms with E-state index < -0.39 is 5.24 Å². The normalized spacial score (nSPS) is 9.27. The molecule has 1 N–H and O–H groups in total. The highest BCUT2D eigenvalue weighted by Crippen LogP contribution is 2.09. The van der Waals surface area contributed by atoms with Crippen molar-refractivity contribution in [2.45, 2.75) is 0 Å². The second-order valence-corrected chi connectivity index (χ2v) is 2.35. The Balaban J connectivity index is 2.79. The van der Waals surface area contributed by atoms with Crippen LogP contribution in [0.3, 0.4) is 0 Å². The maximum Gasteiger partial charge on any atom is 0.280 e. The fraction of sp³-hybridized carbons (Fsp3) is 0. The molecule has 0 bridgehead atoms. The van der Waals surface area contributed by atoms with E-state index >= 15 is 0 Å². The summed E-state index contributed by atoms with van der Waals surface area (Å²) in [5.74, 6) is -0.385. The Labute approximate surface area is 68.8 Å². The Hall–Kier alpha value is -1.03. The minimum atomic E-state index is -0.504. The van der Waals surface area contributed by atoms with Gasteiger partial charge in [0.05, 0.1) is 0 Å². The van der Waals surface area contributed by atoms with Crippen LogP contribution in [-0.4, -0.2) is 5.24 Å². The molecule has 1 aromatic rings. The van der Waals surface area contributed by atoms with Crippen molar-refractivity contribution in [3.63, 3.8) is 0 Å². The fourth-order valence-electron chi connectivity index (χ4n) is 0.690. The molecule has 0 atom stereocenters. The van der Waals surface area contributed by atoms with Gasteiger partial charge in [-0.1, -0.05) is 18.7 Å². The van der Waals surface area contributed by atoms with Crippen molar-refractivity contribution >= 4 is 23.6 Å². The topological polar surface area (TPSA) is 29.1 Å². The van der Waals surface area contributed by atoms with Gasteiger partial charge in [0.15, 0.2) is 0 Å². The summed E-state index contributed by atoms with van der Waals surface area (Å²) >= 11 is 3.47. The van der Waals surface area contributed by atoms with Crippen LogP contribution in [-0.2, 0) is 0 Å². The van der Waals surface area contributed by atoms with Crippen LogP contribution in [0.5, 0.6) is 0 Å². The van der Waals surface area contributed by atoms with E-state index in [9.17, 15) is 9.18 Å². The zero-order valence-corrected chi connectivity index (χ0v) is 6.44. The lowest BCUT2D eigenvalue weighted by atomic mass is 10.3. The second-order valence-electron chi connectivity index (χ2n) is 1.94. The van der Waals surface area contributed by atoms with Crippen molar-refractivity contribution in [3.05, 3.63) is 30.1 Å². The van der Waals surface area contributed by atoms with Crippen LogP contribution in [0.1, 0.15) is 0 Å². The number of amides is 1. The molecular formula is C7H6FNOS. The summed E-state index contributed by atoms with van der Waals surface area (Å²) < 4.78 is 12.4. The smallest absolute Gasteiger partial charge is 0.280 e. The maximum atomic E-state index is 12.4. The van der Waals surface area contributed by atoms with E-state index in [1.165, 1.54) is 18.2 Å². The molecule has 1 aromatic carbocycles. The van der Waals surface area contributed by atoms with Crippen molar-refractivity contribution in [2.24, 2.45) is 0 Å². The van der Waals surface area contributed by atoms with Gasteiger partial charge < -0.3 is 5.32 Å². The Bertz CT molecular complexity index is 277. The Morgan fingerprint density at radius 3 is 2.82 bits per heavy atom. The van der Waals surface area contributed by atoms with Crippen LogP contribution in [0.4, 0.5) is 14.9 Å². The predicted octanol–water partition coefficient (Wildman–Crippen LogP) is 2.29. The maximum absolute atomic E-state index is 12.4. The largest absolute Gasteiger partial charge is 0.317 e. The van der Waals surface area contributed by atoms with Crippen molar-refractivity contribution in [1.29, 1.82) is 0 Å². The molecule has 2 nitrogen and oxygen atoms in total. The van der Waals surface area contributed by atoms with Crippen molar-refractivity contribution in [3.8, 4) is 0 Å². The van der Waals surface area contributed by atoms with Gasteiger partial charge in [0.25, 0.3) is 5.24 Å². The number of hydrogen-bond donors (Lipinski definition) is 2. The van der Waals surface area contributed by atoms with Crippen LogP contribution in [0.2, 0.25) is 0 Å². The van der Waals surface area contributed by atoms with E-state index in [-0.39, 0.29) is 5.82 Å². The van der Waals surface area contributed by atoms with Gasteiger partial charge in [0.1, 0.15) is 5.82 Å². The minimum Gasteiger partial charge on any atom is -0.317 e. The third-order valence-electron chi connectivity index (χ3n) is 1.08. The molecule has 0 unspecified atom stereocenters. The van der Waals surface area contributed by atoms with Crippen molar-refractivity contribution < 1.29 is 9.18 Å². The quantitative estimate of drug-likeness (QED) is 0.623. The average molecular weight is 171 g/mol. The first kappa shape index (κ1) is 8.07. The van der Waals surface area contributed by atoms with E-state index in [4.69, 9.17) is 0 Å². The van der Waals surface area contributed by atoms with Crippen molar-refractivity contribution in [2.75, 3.05) is 5.32 Å². The number of carbonyl (C=O) groups excluding carboxylic acids is 1. The first-order valence-corrected chi connectivity index (χ1v) is 3.39. The van der Waals surface area contributed by atoms with Gasteiger partial charge >= 0.3 is 0 Å². The zero-order chi connectivity index (χ0) is 8.27. The Morgan fingerprint density at radius 1 is 1.55 bits per heavy atom.